The minimum absolute atomic E-state index is 0.194. The zero-order valence-electron chi connectivity index (χ0n) is 14.1. The molecule has 1 aliphatic heterocycles. The van der Waals surface area contributed by atoms with Gasteiger partial charge in [-0.25, -0.2) is 10.0 Å². The van der Waals surface area contributed by atoms with Gasteiger partial charge in [-0.05, 0) is 31.9 Å². The molecule has 0 saturated carbocycles. The third kappa shape index (κ3) is 3.70. The first-order valence-corrected chi connectivity index (χ1v) is 8.03. The van der Waals surface area contributed by atoms with Crippen LogP contribution in [0.4, 0.5) is 11.4 Å². The fourth-order valence-corrected chi connectivity index (χ4v) is 2.50. The number of anilines is 1. The number of hydrazone groups is 1. The van der Waals surface area contributed by atoms with Gasteiger partial charge in [-0.2, -0.15) is 5.10 Å². The highest BCUT2D eigenvalue weighted by Gasteiger charge is 2.20. The lowest BCUT2D eigenvalue weighted by molar-refractivity contribution is 0.432. The van der Waals surface area contributed by atoms with E-state index in [0.29, 0.717) is 34.0 Å². The van der Waals surface area contributed by atoms with Crippen LogP contribution in [0.15, 0.2) is 16.2 Å². The Hall–Kier alpha value is -2.37. The van der Waals surface area contributed by atoms with E-state index in [4.69, 9.17) is 11.1 Å². The van der Waals surface area contributed by atoms with Crippen LogP contribution in [0.2, 0.25) is 0 Å². The van der Waals surface area contributed by atoms with Gasteiger partial charge in [0.25, 0.3) is 0 Å². The predicted molar refractivity (Wildman–Crippen MR) is 96.2 cm³/mol. The Morgan fingerprint density at radius 1 is 1.30 bits per heavy atom. The molecule has 0 amide bonds. The Morgan fingerprint density at radius 3 is 2.74 bits per heavy atom. The van der Waals surface area contributed by atoms with Crippen LogP contribution in [-0.4, -0.2) is 34.4 Å². The number of unbranched alkanes of at least 4 members (excludes halogenated alkanes) is 3. The Kier molecular flexibility index (Phi) is 5.36. The Balaban J connectivity index is 2.13. The lowest BCUT2D eigenvalue weighted by Gasteiger charge is -2.14. The third-order valence-corrected chi connectivity index (χ3v) is 4.05. The van der Waals surface area contributed by atoms with E-state index in [1.54, 1.807) is 31.1 Å². The van der Waals surface area contributed by atoms with Crippen molar-refractivity contribution < 1.29 is 5.11 Å². The summed E-state index contributed by atoms with van der Waals surface area (Å²) >= 11 is 0. The average Bonchev–Trinajstić information content (AvgIpc) is 2.88. The molecular formula is C17H25N5O. The number of nitrogen functional groups attached to an aromatic ring is 1. The summed E-state index contributed by atoms with van der Waals surface area (Å²) in [5.41, 5.74) is 8.86. The van der Waals surface area contributed by atoms with E-state index in [9.17, 15) is 5.11 Å². The number of rotatable bonds is 6. The number of nitrogens with one attached hydrogen (secondary N) is 1. The molecule has 0 aromatic heterocycles. The summed E-state index contributed by atoms with van der Waals surface area (Å²) in [6, 6.07) is 1.73. The zero-order valence-corrected chi connectivity index (χ0v) is 14.1. The first kappa shape index (κ1) is 17.0. The maximum atomic E-state index is 9.90. The molecule has 4 N–H and O–H groups in total. The van der Waals surface area contributed by atoms with Gasteiger partial charge in [-0.15, -0.1) is 0 Å². The van der Waals surface area contributed by atoms with Crippen LogP contribution >= 0.6 is 0 Å². The molecule has 2 rings (SSSR count). The molecule has 23 heavy (non-hydrogen) atoms. The number of aromatic hydroxyl groups is 1. The second kappa shape index (κ2) is 7.26. The van der Waals surface area contributed by atoms with Crippen LogP contribution < -0.4 is 5.73 Å². The first-order chi connectivity index (χ1) is 11.0. The van der Waals surface area contributed by atoms with Gasteiger partial charge in [-0.3, -0.25) is 5.41 Å². The molecule has 0 saturated heterocycles. The topological polar surface area (TPSA) is 98.1 Å². The van der Waals surface area contributed by atoms with E-state index in [0.717, 1.165) is 19.4 Å². The summed E-state index contributed by atoms with van der Waals surface area (Å²) in [4.78, 5) is 4.46. The number of aliphatic imine (C=N–C) groups is 1. The second-order valence-corrected chi connectivity index (χ2v) is 5.87. The minimum Gasteiger partial charge on any atom is -0.507 e. The van der Waals surface area contributed by atoms with Gasteiger partial charge < -0.3 is 10.8 Å². The molecule has 0 aliphatic carbocycles. The SMILES string of the molecule is CCCCCCN1N=CC(=Nc2cc(C)c(O)c(C)c2N)C1=N. The predicted octanol–water partition coefficient (Wildman–Crippen LogP) is 3.52. The van der Waals surface area contributed by atoms with Crippen molar-refractivity contribution in [2.24, 2.45) is 10.1 Å². The maximum absolute atomic E-state index is 9.90. The molecule has 124 valence electrons. The molecule has 1 heterocycles. The second-order valence-electron chi connectivity index (χ2n) is 5.87. The van der Waals surface area contributed by atoms with Gasteiger partial charge >= 0.3 is 0 Å². The van der Waals surface area contributed by atoms with Gasteiger partial charge in [0, 0.05) is 12.1 Å². The summed E-state index contributed by atoms with van der Waals surface area (Å²) in [6.07, 6.45) is 6.14. The minimum atomic E-state index is 0.194. The van der Waals surface area contributed by atoms with Crippen molar-refractivity contribution in [1.82, 2.24) is 5.01 Å². The normalized spacial score (nSPS) is 15.9. The summed E-state index contributed by atoms with van der Waals surface area (Å²) in [6.45, 7) is 6.47. The molecule has 0 fully saturated rings. The van der Waals surface area contributed by atoms with E-state index < -0.39 is 0 Å². The molecule has 0 spiro atoms. The van der Waals surface area contributed by atoms with Crippen LogP contribution in [-0.2, 0) is 0 Å². The smallest absolute Gasteiger partial charge is 0.169 e. The van der Waals surface area contributed by atoms with E-state index in [1.807, 2.05) is 0 Å². The number of aryl methyl sites for hydroxylation is 1. The van der Waals surface area contributed by atoms with Crippen molar-refractivity contribution in [3.8, 4) is 5.75 Å². The zero-order chi connectivity index (χ0) is 17.0. The van der Waals surface area contributed by atoms with Crippen molar-refractivity contribution in [3.63, 3.8) is 0 Å². The molecule has 0 atom stereocenters. The number of phenolic OH excluding ortho intramolecular Hbond substituents is 1. The lowest BCUT2D eigenvalue weighted by Crippen LogP contribution is -2.26. The lowest BCUT2D eigenvalue weighted by atomic mass is 10.1. The van der Waals surface area contributed by atoms with E-state index in [1.165, 1.54) is 12.8 Å². The van der Waals surface area contributed by atoms with E-state index in [-0.39, 0.29) is 5.75 Å². The largest absolute Gasteiger partial charge is 0.507 e. The molecule has 1 aromatic carbocycles. The molecule has 0 radical (unpaired) electrons. The molecule has 1 aromatic rings. The molecule has 0 unspecified atom stereocenters. The Bertz CT molecular complexity index is 663. The summed E-state index contributed by atoms with van der Waals surface area (Å²) in [5.74, 6) is 0.489. The average molecular weight is 315 g/mol. The van der Waals surface area contributed by atoms with Crippen molar-refractivity contribution >= 4 is 29.1 Å². The Morgan fingerprint density at radius 2 is 2.04 bits per heavy atom. The van der Waals surface area contributed by atoms with Crippen LogP contribution in [0, 0.1) is 19.3 Å². The van der Waals surface area contributed by atoms with Crippen molar-refractivity contribution in [2.45, 2.75) is 46.5 Å². The number of hydrogen-bond donors (Lipinski definition) is 3. The highest BCUT2D eigenvalue weighted by atomic mass is 16.3. The molecule has 6 nitrogen and oxygen atoms in total. The fourth-order valence-electron chi connectivity index (χ4n) is 2.50. The molecule has 0 bridgehead atoms. The highest BCUT2D eigenvalue weighted by molar-refractivity contribution is 6.63. The number of nitrogens with two attached hydrogens (primary N) is 1. The van der Waals surface area contributed by atoms with Crippen LogP contribution in [0.1, 0.15) is 43.7 Å². The van der Waals surface area contributed by atoms with Gasteiger partial charge in [0.15, 0.2) is 5.84 Å². The van der Waals surface area contributed by atoms with Gasteiger partial charge in [0.2, 0.25) is 0 Å². The summed E-state index contributed by atoms with van der Waals surface area (Å²) < 4.78 is 0. The van der Waals surface area contributed by atoms with Gasteiger partial charge in [0.05, 0.1) is 17.6 Å². The van der Waals surface area contributed by atoms with Gasteiger partial charge in [-0.1, -0.05) is 26.2 Å². The van der Waals surface area contributed by atoms with Crippen LogP contribution in [0.3, 0.4) is 0 Å². The maximum Gasteiger partial charge on any atom is 0.169 e. The van der Waals surface area contributed by atoms with Crippen molar-refractivity contribution in [1.29, 1.82) is 5.41 Å². The van der Waals surface area contributed by atoms with Crippen LogP contribution in [0.5, 0.6) is 5.75 Å². The fraction of sp³-hybridized carbons (Fsp3) is 0.471. The number of amidine groups is 1. The van der Waals surface area contributed by atoms with E-state index in [2.05, 4.69) is 17.0 Å². The number of hydrogen-bond acceptors (Lipinski definition) is 5. The Labute approximate surface area is 137 Å². The van der Waals surface area contributed by atoms with E-state index >= 15 is 0 Å². The van der Waals surface area contributed by atoms with Crippen LogP contribution in [0.25, 0.3) is 0 Å². The first-order valence-electron chi connectivity index (χ1n) is 8.03. The highest BCUT2D eigenvalue weighted by Crippen LogP contribution is 2.35. The number of nitrogens with zero attached hydrogens (tertiary/aromatic N) is 3. The van der Waals surface area contributed by atoms with Crippen molar-refractivity contribution in [2.75, 3.05) is 12.3 Å². The molecule has 1 aliphatic rings. The summed E-state index contributed by atoms with van der Waals surface area (Å²) in [7, 11) is 0. The number of benzene rings is 1. The molecular weight excluding hydrogens is 290 g/mol. The van der Waals surface area contributed by atoms with Crippen molar-refractivity contribution in [3.05, 3.63) is 17.2 Å². The summed E-state index contributed by atoms with van der Waals surface area (Å²) in [5, 5.41) is 24.0. The quantitative estimate of drug-likeness (QED) is 0.553. The molecule has 6 heteroatoms. The number of phenols is 1. The standard InChI is InChI=1S/C17H25N5O/c1-4-5-6-7-8-22-17(19)14(10-20-22)21-13-9-11(2)16(23)12(3)15(13)18/h9-10,19,23H,4-8,18H2,1-3H3. The van der Waals surface area contributed by atoms with Gasteiger partial charge in [0.1, 0.15) is 11.5 Å². The third-order valence-electron chi connectivity index (χ3n) is 4.05. The monoisotopic (exact) mass is 315 g/mol.